The smallest absolute Gasteiger partial charge is 0.315 e. The fourth-order valence-electron chi connectivity index (χ4n) is 14.6. The maximum Gasteiger partial charge on any atom is 0.315 e. The largest absolute Gasteiger partial charge is 0.432 e. The predicted octanol–water partition coefficient (Wildman–Crippen LogP) is -0.107. The standard InChI is InChI=1S/C47H76O18/c1-21-29(50)31(52)34(55)39(61-21)64-37-24(19-48)62-38(36(57)33(37)54)60-20-25-30(51)32(53)35(56)40(63-25)65-41(58)47-16-14-43(4,59)18-23(47)22-8-9-27-44(5)12-11-28(49)42(2,3)26(44)10-13-46(27,7)45(22,6)15-17-47/h8,21,23-40,48-57,59H,9-20H2,1-7H3. The fourth-order valence-corrected chi connectivity index (χ4v) is 14.6. The number of allylic oxidation sites excluding steroid dienone is 2. The third-order valence-electron chi connectivity index (χ3n) is 19.0. The van der Waals surface area contributed by atoms with Crippen LogP contribution in [0.3, 0.4) is 0 Å². The normalized spacial score (nSPS) is 55.4. The summed E-state index contributed by atoms with van der Waals surface area (Å²) in [6, 6.07) is 0. The van der Waals surface area contributed by atoms with E-state index in [2.05, 4.69) is 40.7 Å². The van der Waals surface area contributed by atoms with Gasteiger partial charge >= 0.3 is 5.97 Å². The number of hydrogen-bond acceptors (Lipinski definition) is 18. The van der Waals surface area contributed by atoms with Crippen molar-refractivity contribution < 1.29 is 89.4 Å². The molecule has 65 heavy (non-hydrogen) atoms. The summed E-state index contributed by atoms with van der Waals surface area (Å²) in [5.41, 5.74) is -1.62. The van der Waals surface area contributed by atoms with E-state index in [0.29, 0.717) is 43.9 Å². The first kappa shape index (κ1) is 50.0. The Morgan fingerprint density at radius 1 is 0.692 bits per heavy atom. The van der Waals surface area contributed by atoms with Crippen LogP contribution in [-0.2, 0) is 33.2 Å². The van der Waals surface area contributed by atoms with E-state index in [0.717, 1.165) is 37.7 Å². The monoisotopic (exact) mass is 929 g/mol. The van der Waals surface area contributed by atoms with E-state index < -0.39 is 128 Å². The zero-order chi connectivity index (χ0) is 47.6. The molecule has 0 aromatic heterocycles. The minimum Gasteiger partial charge on any atom is -0.432 e. The van der Waals surface area contributed by atoms with Crippen molar-refractivity contribution in [3.8, 4) is 0 Å². The van der Waals surface area contributed by atoms with Gasteiger partial charge in [-0.25, -0.2) is 0 Å². The number of carbonyl (C=O) groups is 1. The zero-order valence-electron chi connectivity index (χ0n) is 38.8. The molecule has 0 bridgehead atoms. The second-order valence-electron chi connectivity index (χ2n) is 22.8. The maximum absolute atomic E-state index is 14.9. The Kier molecular flexibility index (Phi) is 13.4. The lowest BCUT2D eigenvalue weighted by atomic mass is 9.33. The average Bonchev–Trinajstić information content (AvgIpc) is 3.25. The number of aliphatic hydroxyl groups excluding tert-OH is 10. The van der Waals surface area contributed by atoms with E-state index in [1.807, 2.05) is 0 Å². The number of fused-ring (bicyclic) bond motifs is 7. The Morgan fingerprint density at radius 2 is 1.32 bits per heavy atom. The highest BCUT2D eigenvalue weighted by Crippen LogP contribution is 2.75. The molecular formula is C47H76O18. The minimum atomic E-state index is -1.87. The molecule has 3 saturated heterocycles. The van der Waals surface area contributed by atoms with Gasteiger partial charge < -0.3 is 84.6 Å². The quantitative estimate of drug-likeness (QED) is 0.112. The van der Waals surface area contributed by atoms with Gasteiger partial charge in [0, 0.05) is 0 Å². The Morgan fingerprint density at radius 3 is 2.02 bits per heavy atom. The van der Waals surface area contributed by atoms with Gasteiger partial charge in [-0.2, -0.15) is 0 Å². The van der Waals surface area contributed by atoms with E-state index in [-0.39, 0.29) is 27.8 Å². The van der Waals surface area contributed by atoms with Crippen LogP contribution in [0.5, 0.6) is 0 Å². The highest BCUT2D eigenvalue weighted by molar-refractivity contribution is 5.79. The van der Waals surface area contributed by atoms with Crippen LogP contribution in [0.2, 0.25) is 0 Å². The van der Waals surface area contributed by atoms with E-state index in [1.54, 1.807) is 6.92 Å². The van der Waals surface area contributed by atoms with Crippen molar-refractivity contribution in [1.29, 1.82) is 0 Å². The molecule has 0 aromatic carbocycles. The summed E-state index contributed by atoms with van der Waals surface area (Å²) in [7, 11) is 0. The molecule has 8 rings (SSSR count). The lowest BCUT2D eigenvalue weighted by Crippen LogP contribution is -2.66. The Bertz CT molecular complexity index is 1780. The highest BCUT2D eigenvalue weighted by Gasteiger charge is 2.70. The minimum absolute atomic E-state index is 0.00938. The van der Waals surface area contributed by atoms with Crippen LogP contribution >= 0.6 is 0 Å². The molecule has 3 heterocycles. The summed E-state index contributed by atoms with van der Waals surface area (Å²) in [6.07, 6.45) is -15.8. The molecule has 0 spiro atoms. The lowest BCUT2D eigenvalue weighted by Gasteiger charge is -2.71. The second kappa shape index (κ2) is 17.5. The van der Waals surface area contributed by atoms with Gasteiger partial charge in [-0.1, -0.05) is 46.3 Å². The number of rotatable bonds is 8. The maximum atomic E-state index is 14.9. The van der Waals surface area contributed by atoms with Gasteiger partial charge in [0.1, 0.15) is 67.1 Å². The number of hydrogen-bond donors (Lipinski definition) is 11. The van der Waals surface area contributed by atoms with Crippen LogP contribution in [0, 0.1) is 44.8 Å². The van der Waals surface area contributed by atoms with Gasteiger partial charge in [0.25, 0.3) is 0 Å². The van der Waals surface area contributed by atoms with Crippen molar-refractivity contribution >= 4 is 5.97 Å². The van der Waals surface area contributed by atoms with E-state index in [4.69, 9.17) is 28.4 Å². The lowest BCUT2D eigenvalue weighted by molar-refractivity contribution is -0.361. The van der Waals surface area contributed by atoms with Gasteiger partial charge in [-0.05, 0) is 117 Å². The van der Waals surface area contributed by atoms with Crippen molar-refractivity contribution in [3.05, 3.63) is 11.6 Å². The molecule has 372 valence electrons. The first-order valence-electron chi connectivity index (χ1n) is 23.9. The molecule has 8 aliphatic rings. The topological polar surface area (TPSA) is 295 Å². The van der Waals surface area contributed by atoms with Crippen LogP contribution in [0.15, 0.2) is 11.6 Å². The predicted molar refractivity (Wildman–Crippen MR) is 226 cm³/mol. The summed E-state index contributed by atoms with van der Waals surface area (Å²) >= 11 is 0. The Labute approximate surface area is 380 Å². The first-order valence-corrected chi connectivity index (χ1v) is 23.9. The van der Waals surface area contributed by atoms with Gasteiger partial charge in [0.2, 0.25) is 6.29 Å². The van der Waals surface area contributed by atoms with Crippen LogP contribution in [0.4, 0.5) is 0 Å². The third kappa shape index (κ3) is 7.89. The van der Waals surface area contributed by atoms with Crippen molar-refractivity contribution in [2.75, 3.05) is 13.2 Å². The highest BCUT2D eigenvalue weighted by atomic mass is 16.8. The van der Waals surface area contributed by atoms with E-state index in [9.17, 15) is 61.0 Å². The molecule has 18 nitrogen and oxygen atoms in total. The molecule has 18 heteroatoms. The fraction of sp³-hybridized carbons (Fsp3) is 0.936. The Hall–Kier alpha value is -1.43. The molecule has 7 fully saturated rings. The van der Waals surface area contributed by atoms with Crippen molar-refractivity contribution in [2.45, 2.75) is 216 Å². The van der Waals surface area contributed by atoms with Crippen LogP contribution in [-0.4, -0.2) is 179 Å². The number of aliphatic hydroxyl groups is 11. The number of carbonyl (C=O) groups excluding carboxylic acids is 1. The SMILES string of the molecule is CC1OC(OC2C(CO)OC(OCC3OC(OC(=O)C45CCC(C)(O)CC4C4=CCC6C7(C)CCC(O)C(C)(C)C7CCC6(C)C4(C)CC5)C(O)C(O)C3O)C(O)C2O)C(O)C(O)C1O. The van der Waals surface area contributed by atoms with Crippen molar-refractivity contribution in [3.63, 3.8) is 0 Å². The van der Waals surface area contributed by atoms with Crippen LogP contribution in [0.25, 0.3) is 0 Å². The molecule has 0 amide bonds. The Balaban J connectivity index is 0.973. The average molecular weight is 929 g/mol. The van der Waals surface area contributed by atoms with Gasteiger partial charge in [-0.3, -0.25) is 4.79 Å². The van der Waals surface area contributed by atoms with E-state index in [1.165, 1.54) is 6.92 Å². The van der Waals surface area contributed by atoms with Crippen LogP contribution in [0.1, 0.15) is 113 Å². The molecule has 0 aromatic rings. The third-order valence-corrected chi connectivity index (χ3v) is 19.0. The summed E-state index contributed by atoms with van der Waals surface area (Å²) in [6.45, 7) is 13.4. The summed E-state index contributed by atoms with van der Waals surface area (Å²) < 4.78 is 34.6. The zero-order valence-corrected chi connectivity index (χ0v) is 38.8. The summed E-state index contributed by atoms with van der Waals surface area (Å²) in [5.74, 6) is -0.325. The van der Waals surface area contributed by atoms with Gasteiger partial charge in [0.15, 0.2) is 12.6 Å². The van der Waals surface area contributed by atoms with Crippen molar-refractivity contribution in [1.82, 2.24) is 0 Å². The second-order valence-corrected chi connectivity index (χ2v) is 22.8. The van der Waals surface area contributed by atoms with Gasteiger partial charge in [0.05, 0.1) is 36.4 Å². The van der Waals surface area contributed by atoms with E-state index >= 15 is 0 Å². The molecule has 5 aliphatic carbocycles. The van der Waals surface area contributed by atoms with Crippen LogP contribution < -0.4 is 0 Å². The number of ether oxygens (including phenoxy) is 6. The number of esters is 1. The first-order chi connectivity index (χ1) is 30.3. The van der Waals surface area contributed by atoms with Crippen molar-refractivity contribution in [2.24, 2.45) is 44.8 Å². The molecule has 3 aliphatic heterocycles. The summed E-state index contributed by atoms with van der Waals surface area (Å²) in [5, 5.41) is 119. The molecule has 0 radical (unpaired) electrons. The molecule has 24 unspecified atom stereocenters. The van der Waals surface area contributed by atoms with Gasteiger partial charge in [-0.15, -0.1) is 0 Å². The summed E-state index contributed by atoms with van der Waals surface area (Å²) in [4.78, 5) is 14.9. The molecule has 11 N–H and O–H groups in total. The molecule has 4 saturated carbocycles. The molecule has 24 atom stereocenters. The molecular weight excluding hydrogens is 852 g/mol.